The third-order valence-corrected chi connectivity index (χ3v) is 6.58. The summed E-state index contributed by atoms with van der Waals surface area (Å²) in [6.45, 7) is 2.04. The topological polar surface area (TPSA) is 47.6 Å². The van der Waals surface area contributed by atoms with E-state index in [1.54, 1.807) is 37.3 Å². The lowest BCUT2D eigenvalue weighted by Crippen LogP contribution is -2.25. The molecule has 0 bridgehead atoms. The van der Waals surface area contributed by atoms with Crippen molar-refractivity contribution in [1.82, 2.24) is 0 Å². The van der Waals surface area contributed by atoms with E-state index in [1.165, 1.54) is 18.9 Å². The number of thiocarbonyl (C=S) groups is 1. The second-order valence-electron chi connectivity index (χ2n) is 6.10. The summed E-state index contributed by atoms with van der Waals surface area (Å²) in [6.07, 6.45) is 0.0914. The smallest absolute Gasteiger partial charge is 0.307 e. The second kappa shape index (κ2) is 9.11. The number of nitrogens with one attached hydrogen (secondary N) is 1. The third kappa shape index (κ3) is 4.42. The van der Waals surface area contributed by atoms with Crippen molar-refractivity contribution in [2.75, 3.05) is 19.0 Å². The monoisotopic (exact) mass is 439 g/mol. The van der Waals surface area contributed by atoms with E-state index in [0.717, 1.165) is 11.3 Å². The van der Waals surface area contributed by atoms with Crippen LogP contribution in [-0.2, 0) is 9.53 Å². The normalized spacial score (nSPS) is 18.6. The van der Waals surface area contributed by atoms with Gasteiger partial charge in [-0.1, -0.05) is 36.0 Å². The number of rotatable bonds is 5. The molecule has 148 valence electrons. The number of halogens is 2. The molecule has 0 amide bonds. The molecule has 8 heteroatoms. The number of methoxy groups -OCH3 is 1. The SMILES string of the molecule is CCOC(=O)CC1SC(c2cccc(OC)c2F)c2cc(Cl)ccc2NC1=S. The van der Waals surface area contributed by atoms with Gasteiger partial charge in [-0.05, 0) is 36.8 Å². The standard InChI is InChI=1S/C20H19ClFNO3S2/c1-3-26-17(24)10-16-20(27)23-14-8-7-11(21)9-13(14)19(28-16)12-5-4-6-15(25-2)18(12)22/h4-9,16,19H,3,10H2,1-2H3,(H,23,27). The second-order valence-corrected chi connectivity index (χ2v) is 8.29. The van der Waals surface area contributed by atoms with Crippen molar-refractivity contribution in [2.24, 2.45) is 0 Å². The highest BCUT2D eigenvalue weighted by atomic mass is 35.5. The van der Waals surface area contributed by atoms with Crippen LogP contribution in [0, 0.1) is 5.82 Å². The van der Waals surface area contributed by atoms with Crippen LogP contribution in [0.1, 0.15) is 29.7 Å². The van der Waals surface area contributed by atoms with Gasteiger partial charge >= 0.3 is 5.97 Å². The molecule has 0 aromatic heterocycles. The first-order valence-electron chi connectivity index (χ1n) is 8.68. The molecular weight excluding hydrogens is 421 g/mol. The van der Waals surface area contributed by atoms with Crippen molar-refractivity contribution >= 4 is 52.2 Å². The van der Waals surface area contributed by atoms with E-state index in [1.807, 2.05) is 6.07 Å². The Kier molecular flexibility index (Phi) is 6.80. The van der Waals surface area contributed by atoms with E-state index in [4.69, 9.17) is 33.3 Å². The minimum Gasteiger partial charge on any atom is -0.494 e. The van der Waals surface area contributed by atoms with E-state index in [9.17, 15) is 4.79 Å². The number of thioether (sulfide) groups is 1. The summed E-state index contributed by atoms with van der Waals surface area (Å²) >= 11 is 13.1. The quantitative estimate of drug-likeness (QED) is 0.498. The van der Waals surface area contributed by atoms with Crippen LogP contribution in [0.15, 0.2) is 36.4 Å². The van der Waals surface area contributed by atoms with Gasteiger partial charge in [0, 0.05) is 16.3 Å². The van der Waals surface area contributed by atoms with Crippen LogP contribution in [0.4, 0.5) is 10.1 Å². The Morgan fingerprint density at radius 3 is 2.82 bits per heavy atom. The lowest BCUT2D eigenvalue weighted by molar-refractivity contribution is -0.142. The number of carbonyl (C=O) groups excluding carboxylic acids is 1. The fourth-order valence-corrected chi connectivity index (χ4v) is 4.97. The van der Waals surface area contributed by atoms with E-state index < -0.39 is 11.1 Å². The van der Waals surface area contributed by atoms with Crippen molar-refractivity contribution in [3.05, 3.63) is 58.4 Å². The van der Waals surface area contributed by atoms with Crippen molar-refractivity contribution in [2.45, 2.75) is 23.8 Å². The van der Waals surface area contributed by atoms with Gasteiger partial charge in [0.1, 0.15) is 0 Å². The van der Waals surface area contributed by atoms with Gasteiger partial charge in [-0.25, -0.2) is 4.39 Å². The van der Waals surface area contributed by atoms with Crippen LogP contribution in [0.2, 0.25) is 5.02 Å². The van der Waals surface area contributed by atoms with Crippen LogP contribution >= 0.6 is 35.6 Å². The number of fused-ring (bicyclic) bond motifs is 1. The highest BCUT2D eigenvalue weighted by Gasteiger charge is 2.33. The predicted molar refractivity (Wildman–Crippen MR) is 115 cm³/mol. The fraction of sp³-hybridized carbons (Fsp3) is 0.300. The maximum atomic E-state index is 15.1. The number of benzene rings is 2. The predicted octanol–water partition coefficient (Wildman–Crippen LogP) is 5.39. The fourth-order valence-electron chi connectivity index (χ4n) is 3.02. The molecule has 0 aliphatic carbocycles. The molecule has 1 N–H and O–H groups in total. The first-order valence-corrected chi connectivity index (χ1v) is 10.4. The van der Waals surface area contributed by atoms with Crippen LogP contribution in [0.3, 0.4) is 0 Å². The molecule has 2 aromatic rings. The number of hydrogen-bond acceptors (Lipinski definition) is 5. The van der Waals surface area contributed by atoms with E-state index in [0.29, 0.717) is 22.2 Å². The summed E-state index contributed by atoms with van der Waals surface area (Å²) in [7, 11) is 1.42. The van der Waals surface area contributed by atoms with Crippen LogP contribution in [0.25, 0.3) is 0 Å². The maximum absolute atomic E-state index is 15.1. The zero-order valence-electron chi connectivity index (χ0n) is 15.3. The van der Waals surface area contributed by atoms with Crippen molar-refractivity contribution < 1.29 is 18.7 Å². The molecule has 0 saturated carbocycles. The number of esters is 1. The molecule has 2 atom stereocenters. The first-order chi connectivity index (χ1) is 13.4. The van der Waals surface area contributed by atoms with Gasteiger partial charge in [0.2, 0.25) is 0 Å². The minimum absolute atomic E-state index is 0.0914. The summed E-state index contributed by atoms with van der Waals surface area (Å²) in [5.41, 5.74) is 1.96. The summed E-state index contributed by atoms with van der Waals surface area (Å²) in [4.78, 5) is 12.6. The largest absolute Gasteiger partial charge is 0.494 e. The van der Waals surface area contributed by atoms with Crippen LogP contribution < -0.4 is 10.1 Å². The molecule has 0 spiro atoms. The van der Waals surface area contributed by atoms with E-state index in [2.05, 4.69) is 5.32 Å². The minimum atomic E-state index is -0.448. The average Bonchev–Trinajstić information content (AvgIpc) is 2.79. The first kappa shape index (κ1) is 20.9. The Hall–Kier alpha value is -1.83. The van der Waals surface area contributed by atoms with Gasteiger partial charge in [-0.15, -0.1) is 11.8 Å². The molecule has 2 aromatic carbocycles. The molecule has 4 nitrogen and oxygen atoms in total. The number of carbonyl (C=O) groups is 1. The zero-order valence-corrected chi connectivity index (χ0v) is 17.7. The van der Waals surface area contributed by atoms with E-state index >= 15 is 4.39 Å². The molecule has 1 aliphatic heterocycles. The number of ether oxygens (including phenoxy) is 2. The summed E-state index contributed by atoms with van der Waals surface area (Å²) < 4.78 is 25.3. The Bertz CT molecular complexity index is 909. The van der Waals surface area contributed by atoms with Gasteiger partial charge in [0.05, 0.1) is 35.6 Å². The molecule has 3 rings (SSSR count). The maximum Gasteiger partial charge on any atom is 0.307 e. The molecular formula is C20H19ClFNO3S2. The van der Waals surface area contributed by atoms with Gasteiger partial charge in [-0.3, -0.25) is 4.79 Å². The van der Waals surface area contributed by atoms with Gasteiger partial charge in [0.15, 0.2) is 11.6 Å². The van der Waals surface area contributed by atoms with Gasteiger partial charge in [0.25, 0.3) is 0 Å². The molecule has 0 fully saturated rings. The molecule has 0 saturated heterocycles. The highest BCUT2D eigenvalue weighted by molar-refractivity contribution is 8.02. The van der Waals surface area contributed by atoms with E-state index in [-0.39, 0.29) is 23.4 Å². The lowest BCUT2D eigenvalue weighted by Gasteiger charge is -2.22. The van der Waals surface area contributed by atoms with Crippen molar-refractivity contribution in [3.63, 3.8) is 0 Å². The van der Waals surface area contributed by atoms with Crippen LogP contribution in [0.5, 0.6) is 5.75 Å². The van der Waals surface area contributed by atoms with Crippen LogP contribution in [-0.4, -0.2) is 29.9 Å². The van der Waals surface area contributed by atoms with Crippen molar-refractivity contribution in [3.8, 4) is 5.75 Å². The third-order valence-electron chi connectivity index (χ3n) is 4.30. The summed E-state index contributed by atoms with van der Waals surface area (Å²) in [5, 5.41) is 2.90. The molecule has 2 unspecified atom stereocenters. The highest BCUT2D eigenvalue weighted by Crippen LogP contribution is 2.47. The van der Waals surface area contributed by atoms with Crippen molar-refractivity contribution in [1.29, 1.82) is 0 Å². The lowest BCUT2D eigenvalue weighted by atomic mass is 10.0. The van der Waals surface area contributed by atoms with Gasteiger partial charge in [-0.2, -0.15) is 0 Å². The average molecular weight is 440 g/mol. The Morgan fingerprint density at radius 1 is 1.32 bits per heavy atom. The Balaban J connectivity index is 2.08. The summed E-state index contributed by atoms with van der Waals surface area (Å²) in [5.74, 6) is -0.641. The molecule has 28 heavy (non-hydrogen) atoms. The van der Waals surface area contributed by atoms with Gasteiger partial charge < -0.3 is 14.8 Å². The molecule has 1 heterocycles. The zero-order chi connectivity index (χ0) is 20.3. The summed E-state index contributed by atoms with van der Waals surface area (Å²) in [6, 6.07) is 10.3. The molecule has 0 radical (unpaired) electrons. The Labute approximate surface area is 177 Å². The molecule has 1 aliphatic rings. The Morgan fingerprint density at radius 2 is 2.11 bits per heavy atom. The number of hydrogen-bond donors (Lipinski definition) is 1. The number of anilines is 1.